The molecule has 0 aromatic rings. The maximum atomic E-state index is 10.9. The van der Waals surface area contributed by atoms with Crippen molar-refractivity contribution in [2.75, 3.05) is 0 Å². The summed E-state index contributed by atoms with van der Waals surface area (Å²) in [5.41, 5.74) is 0. The third-order valence-corrected chi connectivity index (χ3v) is 2.08. The van der Waals surface area contributed by atoms with Gasteiger partial charge < -0.3 is 0 Å². The molecule has 1 heteroatoms. The summed E-state index contributed by atoms with van der Waals surface area (Å²) in [6.07, 6.45) is 7.72. The van der Waals surface area contributed by atoms with E-state index in [0.29, 0.717) is 0 Å². The molecule has 0 N–H and O–H groups in total. The van der Waals surface area contributed by atoms with Crippen LogP contribution in [0.3, 0.4) is 0 Å². The van der Waals surface area contributed by atoms with Crippen LogP contribution in [0.2, 0.25) is 0 Å². The lowest BCUT2D eigenvalue weighted by Crippen LogP contribution is -2.01. The molecular formula is C10H21O. The summed E-state index contributed by atoms with van der Waals surface area (Å²) in [7, 11) is 0. The summed E-state index contributed by atoms with van der Waals surface area (Å²) in [5, 5.41) is 10.9. The van der Waals surface area contributed by atoms with E-state index in [1.807, 2.05) is 6.92 Å². The second kappa shape index (κ2) is 8.06. The van der Waals surface area contributed by atoms with E-state index >= 15 is 0 Å². The Labute approximate surface area is 70.8 Å². The molecule has 0 aliphatic rings. The van der Waals surface area contributed by atoms with Crippen LogP contribution in [0.25, 0.3) is 0 Å². The number of hydrogen-bond acceptors (Lipinski definition) is 0. The lowest BCUT2D eigenvalue weighted by atomic mass is 10.1. The van der Waals surface area contributed by atoms with Crippen LogP contribution in [0.1, 0.15) is 58.8 Å². The van der Waals surface area contributed by atoms with E-state index in [-0.39, 0.29) is 6.10 Å². The van der Waals surface area contributed by atoms with Crippen LogP contribution in [-0.2, 0) is 5.11 Å². The van der Waals surface area contributed by atoms with Crippen molar-refractivity contribution in [1.29, 1.82) is 0 Å². The van der Waals surface area contributed by atoms with Crippen molar-refractivity contribution in [3.63, 3.8) is 0 Å². The first-order valence-electron chi connectivity index (χ1n) is 4.97. The van der Waals surface area contributed by atoms with Gasteiger partial charge in [-0.25, -0.2) is 5.11 Å². The minimum absolute atomic E-state index is 0.295. The highest BCUT2D eigenvalue weighted by molar-refractivity contribution is 4.52. The normalized spacial score (nSPS) is 13.4. The highest BCUT2D eigenvalue weighted by Crippen LogP contribution is 2.08. The number of unbranched alkanes of at least 4 members (excludes halogenated alkanes) is 4. The molecule has 0 aromatic carbocycles. The Bertz CT molecular complexity index is 71.3. The van der Waals surface area contributed by atoms with Crippen molar-refractivity contribution in [3.8, 4) is 0 Å². The second-order valence-corrected chi connectivity index (χ2v) is 3.23. The molecule has 0 fully saturated rings. The van der Waals surface area contributed by atoms with Crippen molar-refractivity contribution in [2.24, 2.45) is 0 Å². The number of hydrogen-bond donors (Lipinski definition) is 0. The Kier molecular flexibility index (Phi) is 8.03. The Balaban J connectivity index is 2.89. The summed E-state index contributed by atoms with van der Waals surface area (Å²) in [4.78, 5) is 0. The van der Waals surface area contributed by atoms with Crippen molar-refractivity contribution in [3.05, 3.63) is 0 Å². The van der Waals surface area contributed by atoms with Crippen LogP contribution in [0, 0.1) is 0 Å². The summed E-state index contributed by atoms with van der Waals surface area (Å²) < 4.78 is 0. The summed E-state index contributed by atoms with van der Waals surface area (Å²) in [5.74, 6) is 0. The smallest absolute Gasteiger partial charge is 0.0927 e. The first-order valence-corrected chi connectivity index (χ1v) is 4.97. The molecule has 0 heterocycles. The molecule has 1 atom stereocenters. The molecular weight excluding hydrogens is 136 g/mol. The second-order valence-electron chi connectivity index (χ2n) is 3.23. The first kappa shape index (κ1) is 11.0. The van der Waals surface area contributed by atoms with Crippen molar-refractivity contribution in [1.82, 2.24) is 0 Å². The van der Waals surface area contributed by atoms with Gasteiger partial charge in [0.1, 0.15) is 0 Å². The summed E-state index contributed by atoms with van der Waals surface area (Å²) in [6.45, 7) is 4.19. The molecule has 0 aromatic heterocycles. The predicted molar refractivity (Wildman–Crippen MR) is 48.1 cm³/mol. The Morgan fingerprint density at radius 1 is 1.00 bits per heavy atom. The molecule has 0 rings (SSSR count). The molecule has 11 heavy (non-hydrogen) atoms. The van der Waals surface area contributed by atoms with Crippen LogP contribution in [0.4, 0.5) is 0 Å². The third kappa shape index (κ3) is 7.86. The van der Waals surface area contributed by atoms with Crippen LogP contribution < -0.4 is 0 Å². The maximum absolute atomic E-state index is 10.9. The molecule has 0 saturated carbocycles. The van der Waals surface area contributed by atoms with E-state index in [9.17, 15) is 5.11 Å². The van der Waals surface area contributed by atoms with Gasteiger partial charge in [-0.3, -0.25) is 0 Å². The van der Waals surface area contributed by atoms with Gasteiger partial charge in [0.05, 0.1) is 6.10 Å². The fraction of sp³-hybridized carbons (Fsp3) is 1.00. The highest BCUT2D eigenvalue weighted by atomic mass is 16.3. The molecule has 1 nitrogen and oxygen atoms in total. The van der Waals surface area contributed by atoms with Crippen LogP contribution in [0.5, 0.6) is 0 Å². The van der Waals surface area contributed by atoms with Gasteiger partial charge >= 0.3 is 0 Å². The van der Waals surface area contributed by atoms with Crippen molar-refractivity contribution >= 4 is 0 Å². The van der Waals surface area contributed by atoms with Gasteiger partial charge in [0.25, 0.3) is 0 Å². The Morgan fingerprint density at radius 3 is 2.18 bits per heavy atom. The molecule has 0 aliphatic carbocycles. The van der Waals surface area contributed by atoms with Gasteiger partial charge in [-0.15, -0.1) is 0 Å². The molecule has 67 valence electrons. The monoisotopic (exact) mass is 157 g/mol. The van der Waals surface area contributed by atoms with E-state index in [1.54, 1.807) is 0 Å². The Hall–Kier alpha value is -0.0400. The van der Waals surface area contributed by atoms with Gasteiger partial charge in [0, 0.05) is 0 Å². The van der Waals surface area contributed by atoms with E-state index in [4.69, 9.17) is 0 Å². The molecule has 0 bridgehead atoms. The lowest BCUT2D eigenvalue weighted by molar-refractivity contribution is 0.0755. The van der Waals surface area contributed by atoms with Crippen LogP contribution >= 0.6 is 0 Å². The topological polar surface area (TPSA) is 19.9 Å². The van der Waals surface area contributed by atoms with Gasteiger partial charge in [0.2, 0.25) is 0 Å². The zero-order valence-electron chi connectivity index (χ0n) is 7.94. The standard InChI is InChI=1S/C10H21O/c1-3-5-6-7-8-9-10(11)4-2/h10H,3-9H2,1-2H3. The van der Waals surface area contributed by atoms with Gasteiger partial charge in [-0.2, -0.15) is 0 Å². The van der Waals surface area contributed by atoms with E-state index in [2.05, 4.69) is 6.92 Å². The highest BCUT2D eigenvalue weighted by Gasteiger charge is 2.00. The fourth-order valence-electron chi connectivity index (χ4n) is 1.18. The van der Waals surface area contributed by atoms with Gasteiger partial charge in [-0.1, -0.05) is 46.0 Å². The largest absolute Gasteiger partial charge is 0.233 e. The number of rotatable bonds is 7. The van der Waals surface area contributed by atoms with Crippen molar-refractivity contribution in [2.45, 2.75) is 64.9 Å². The maximum Gasteiger partial charge on any atom is 0.0927 e. The average Bonchev–Trinajstić information content (AvgIpc) is 2.04. The van der Waals surface area contributed by atoms with Crippen LogP contribution in [0.15, 0.2) is 0 Å². The summed E-state index contributed by atoms with van der Waals surface area (Å²) in [6, 6.07) is 0. The molecule has 0 spiro atoms. The minimum atomic E-state index is -0.295. The van der Waals surface area contributed by atoms with Gasteiger partial charge in [0.15, 0.2) is 0 Å². The quantitative estimate of drug-likeness (QED) is 0.504. The zero-order chi connectivity index (χ0) is 8.53. The minimum Gasteiger partial charge on any atom is -0.233 e. The van der Waals surface area contributed by atoms with Gasteiger partial charge in [-0.05, 0) is 12.8 Å². The molecule has 1 unspecified atom stereocenters. The lowest BCUT2D eigenvalue weighted by Gasteiger charge is -2.03. The fourth-order valence-corrected chi connectivity index (χ4v) is 1.18. The van der Waals surface area contributed by atoms with E-state index in [1.165, 1.54) is 25.7 Å². The molecule has 1 radical (unpaired) electrons. The molecule has 0 amide bonds. The summed E-state index contributed by atoms with van der Waals surface area (Å²) >= 11 is 0. The SMILES string of the molecule is CCCCCCCC([O])CC. The van der Waals surface area contributed by atoms with Crippen molar-refractivity contribution < 1.29 is 5.11 Å². The van der Waals surface area contributed by atoms with E-state index in [0.717, 1.165) is 19.3 Å². The molecule has 0 saturated heterocycles. The van der Waals surface area contributed by atoms with Crippen LogP contribution in [-0.4, -0.2) is 6.10 Å². The van der Waals surface area contributed by atoms with E-state index < -0.39 is 0 Å². The molecule has 0 aliphatic heterocycles. The predicted octanol–water partition coefficient (Wildman–Crippen LogP) is 3.56. The first-order chi connectivity index (χ1) is 5.31. The Morgan fingerprint density at radius 2 is 1.64 bits per heavy atom. The zero-order valence-corrected chi connectivity index (χ0v) is 7.94. The third-order valence-electron chi connectivity index (χ3n) is 2.08. The average molecular weight is 157 g/mol.